The van der Waals surface area contributed by atoms with Gasteiger partial charge in [-0.3, -0.25) is 9.78 Å². The van der Waals surface area contributed by atoms with Crippen LogP contribution in [0.5, 0.6) is 11.8 Å². The molecule has 1 heterocycles. The Morgan fingerprint density at radius 1 is 1.24 bits per heavy atom. The van der Waals surface area contributed by atoms with E-state index in [1.165, 1.54) is 18.2 Å². The van der Waals surface area contributed by atoms with Crippen LogP contribution in [0.15, 0.2) is 45.7 Å². The van der Waals surface area contributed by atoms with E-state index in [1.807, 2.05) is 0 Å². The minimum atomic E-state index is -0.463. The number of nitrogens with two attached hydrogens (primary N) is 1. The number of fused-ring (bicyclic) bond motifs is 1. The van der Waals surface area contributed by atoms with Crippen LogP contribution < -0.4 is 16.0 Å². The lowest BCUT2D eigenvalue weighted by Crippen LogP contribution is -2.09. The molecule has 5 nitrogen and oxygen atoms in total. The van der Waals surface area contributed by atoms with Crippen LogP contribution in [0.3, 0.4) is 0 Å². The highest BCUT2D eigenvalue weighted by Crippen LogP contribution is 2.24. The SMILES string of the molecule is Nc1ccc2nc(Oc3cc(F)cc(Br)c3)[nH]c(=O)c2c1. The monoisotopic (exact) mass is 349 g/mol. The maximum Gasteiger partial charge on any atom is 0.302 e. The topological polar surface area (TPSA) is 81.0 Å². The van der Waals surface area contributed by atoms with E-state index >= 15 is 0 Å². The molecule has 3 aromatic rings. The van der Waals surface area contributed by atoms with Gasteiger partial charge >= 0.3 is 6.01 Å². The van der Waals surface area contributed by atoms with Crippen molar-refractivity contribution in [2.24, 2.45) is 0 Å². The molecule has 0 aliphatic carbocycles. The van der Waals surface area contributed by atoms with Crippen LogP contribution in [0, 0.1) is 5.82 Å². The summed E-state index contributed by atoms with van der Waals surface area (Å²) in [5.74, 6) is -0.241. The second-order valence-electron chi connectivity index (χ2n) is 4.35. The molecule has 1 aromatic heterocycles. The number of rotatable bonds is 2. The number of H-pyrrole nitrogens is 1. The van der Waals surface area contributed by atoms with Crippen LogP contribution >= 0.6 is 15.9 Å². The van der Waals surface area contributed by atoms with Gasteiger partial charge in [-0.05, 0) is 30.3 Å². The largest absolute Gasteiger partial charge is 0.425 e. The van der Waals surface area contributed by atoms with Crippen molar-refractivity contribution >= 4 is 32.5 Å². The highest BCUT2D eigenvalue weighted by molar-refractivity contribution is 9.10. The van der Waals surface area contributed by atoms with E-state index in [0.717, 1.165) is 0 Å². The van der Waals surface area contributed by atoms with Gasteiger partial charge in [-0.2, -0.15) is 4.98 Å². The molecule has 0 fully saturated rings. The number of nitrogens with one attached hydrogen (secondary N) is 1. The van der Waals surface area contributed by atoms with E-state index in [9.17, 15) is 9.18 Å². The van der Waals surface area contributed by atoms with Crippen molar-refractivity contribution in [3.63, 3.8) is 0 Å². The van der Waals surface area contributed by atoms with Gasteiger partial charge < -0.3 is 10.5 Å². The van der Waals surface area contributed by atoms with E-state index in [0.29, 0.717) is 21.1 Å². The highest BCUT2D eigenvalue weighted by atomic mass is 79.9. The lowest BCUT2D eigenvalue weighted by atomic mass is 10.2. The number of hydrogen-bond acceptors (Lipinski definition) is 4. The molecule has 3 rings (SSSR count). The summed E-state index contributed by atoms with van der Waals surface area (Å²) >= 11 is 3.16. The van der Waals surface area contributed by atoms with Gasteiger partial charge in [-0.15, -0.1) is 0 Å². The number of benzene rings is 2. The van der Waals surface area contributed by atoms with Gasteiger partial charge in [-0.1, -0.05) is 15.9 Å². The molecule has 0 aliphatic heterocycles. The lowest BCUT2D eigenvalue weighted by Gasteiger charge is -2.06. The number of nitrogens with zero attached hydrogens (tertiary/aromatic N) is 1. The summed E-state index contributed by atoms with van der Waals surface area (Å²) in [4.78, 5) is 18.6. The van der Waals surface area contributed by atoms with Crippen LogP contribution in [0.25, 0.3) is 10.9 Å². The fraction of sp³-hybridized carbons (Fsp3) is 0. The predicted octanol–water partition coefficient (Wildman–Crippen LogP) is 3.20. The van der Waals surface area contributed by atoms with Crippen molar-refractivity contribution in [3.05, 3.63) is 57.0 Å². The van der Waals surface area contributed by atoms with Crippen molar-refractivity contribution in [1.29, 1.82) is 0 Å². The Hall–Kier alpha value is -2.41. The first-order chi connectivity index (χ1) is 10.0. The molecule has 0 atom stereocenters. The third-order valence-corrected chi connectivity index (χ3v) is 3.22. The zero-order valence-corrected chi connectivity index (χ0v) is 12.1. The van der Waals surface area contributed by atoms with Gasteiger partial charge in [0.1, 0.15) is 11.6 Å². The number of nitrogen functional groups attached to an aromatic ring is 1. The van der Waals surface area contributed by atoms with Gasteiger partial charge in [0.05, 0.1) is 10.9 Å². The standard InChI is InChI=1S/C14H9BrFN3O2/c15-7-3-8(16)5-10(4-7)21-14-18-12-2-1-9(17)6-11(12)13(20)19-14/h1-6H,17H2,(H,18,19,20). The predicted molar refractivity (Wildman–Crippen MR) is 81.0 cm³/mol. The Balaban J connectivity index is 2.05. The molecular formula is C14H9BrFN3O2. The number of aromatic nitrogens is 2. The second kappa shape index (κ2) is 5.17. The van der Waals surface area contributed by atoms with E-state index in [1.54, 1.807) is 18.2 Å². The Kier molecular flexibility index (Phi) is 3.34. The molecule has 106 valence electrons. The summed E-state index contributed by atoms with van der Waals surface area (Å²) in [6, 6.07) is 8.82. The van der Waals surface area contributed by atoms with Crippen LogP contribution in [0.2, 0.25) is 0 Å². The first-order valence-electron chi connectivity index (χ1n) is 5.95. The van der Waals surface area contributed by atoms with Crippen LogP contribution in [0.4, 0.5) is 10.1 Å². The van der Waals surface area contributed by atoms with E-state index < -0.39 is 5.82 Å². The van der Waals surface area contributed by atoms with E-state index in [2.05, 4.69) is 25.9 Å². The van der Waals surface area contributed by atoms with Crippen LogP contribution in [0.1, 0.15) is 0 Å². The summed E-state index contributed by atoms with van der Waals surface area (Å²) in [5, 5.41) is 0.364. The molecule has 7 heteroatoms. The summed E-state index contributed by atoms with van der Waals surface area (Å²) in [5.41, 5.74) is 6.16. The normalized spacial score (nSPS) is 10.8. The number of ether oxygens (including phenoxy) is 1. The molecule has 0 radical (unpaired) electrons. The maximum absolute atomic E-state index is 13.3. The van der Waals surface area contributed by atoms with E-state index in [-0.39, 0.29) is 17.3 Å². The van der Waals surface area contributed by atoms with Crippen molar-refractivity contribution in [1.82, 2.24) is 9.97 Å². The summed E-state index contributed by atoms with van der Waals surface area (Å²) < 4.78 is 19.2. The van der Waals surface area contributed by atoms with E-state index in [4.69, 9.17) is 10.5 Å². The molecule has 0 bridgehead atoms. The molecule has 0 saturated carbocycles. The maximum atomic E-state index is 13.3. The molecule has 0 amide bonds. The fourth-order valence-corrected chi connectivity index (χ4v) is 2.33. The molecule has 0 spiro atoms. The summed E-state index contributed by atoms with van der Waals surface area (Å²) in [6.45, 7) is 0. The third-order valence-electron chi connectivity index (χ3n) is 2.76. The quantitative estimate of drug-likeness (QED) is 0.696. The number of hydrogen-bond donors (Lipinski definition) is 2. The summed E-state index contributed by atoms with van der Waals surface area (Å²) in [7, 11) is 0. The molecule has 2 aromatic carbocycles. The average Bonchev–Trinajstić information content (AvgIpc) is 2.38. The number of anilines is 1. The molecule has 0 saturated heterocycles. The van der Waals surface area contributed by atoms with Crippen molar-refractivity contribution < 1.29 is 9.13 Å². The van der Waals surface area contributed by atoms with Gasteiger partial charge in [0.2, 0.25) is 0 Å². The Morgan fingerprint density at radius 2 is 2.05 bits per heavy atom. The van der Waals surface area contributed by atoms with Crippen LogP contribution in [-0.4, -0.2) is 9.97 Å². The van der Waals surface area contributed by atoms with Crippen molar-refractivity contribution in [3.8, 4) is 11.8 Å². The van der Waals surface area contributed by atoms with Gasteiger partial charge in [0.15, 0.2) is 0 Å². The Labute approximate surface area is 126 Å². The summed E-state index contributed by atoms with van der Waals surface area (Å²) in [6.07, 6.45) is 0. The zero-order chi connectivity index (χ0) is 15.0. The molecule has 0 unspecified atom stereocenters. The average molecular weight is 350 g/mol. The van der Waals surface area contributed by atoms with Gasteiger partial charge in [0.25, 0.3) is 5.56 Å². The molecule has 3 N–H and O–H groups in total. The zero-order valence-electron chi connectivity index (χ0n) is 10.6. The molecular weight excluding hydrogens is 341 g/mol. The van der Waals surface area contributed by atoms with Crippen molar-refractivity contribution in [2.45, 2.75) is 0 Å². The smallest absolute Gasteiger partial charge is 0.302 e. The highest BCUT2D eigenvalue weighted by Gasteiger charge is 2.07. The first kappa shape index (κ1) is 13.6. The Bertz CT molecular complexity index is 875. The van der Waals surface area contributed by atoms with Crippen LogP contribution in [-0.2, 0) is 0 Å². The van der Waals surface area contributed by atoms with Gasteiger partial charge in [0, 0.05) is 16.2 Å². The molecule has 0 aliphatic rings. The van der Waals surface area contributed by atoms with Gasteiger partial charge in [-0.25, -0.2) is 4.39 Å². The number of halogens is 2. The number of aromatic amines is 1. The minimum absolute atomic E-state index is 0.0187. The second-order valence-corrected chi connectivity index (χ2v) is 5.27. The third kappa shape index (κ3) is 2.87. The fourth-order valence-electron chi connectivity index (χ4n) is 1.88. The minimum Gasteiger partial charge on any atom is -0.425 e. The first-order valence-corrected chi connectivity index (χ1v) is 6.74. The Morgan fingerprint density at radius 3 is 2.81 bits per heavy atom. The van der Waals surface area contributed by atoms with Crippen molar-refractivity contribution in [2.75, 3.05) is 5.73 Å². The lowest BCUT2D eigenvalue weighted by molar-refractivity contribution is 0.438. The molecule has 21 heavy (non-hydrogen) atoms.